The van der Waals surface area contributed by atoms with Crippen LogP contribution in [0.1, 0.15) is 41.3 Å². The number of nitrogens with zero attached hydrogens (tertiary/aromatic N) is 3. The molecule has 0 radical (unpaired) electrons. The van der Waals surface area contributed by atoms with E-state index in [4.69, 9.17) is 11.6 Å². The normalized spacial score (nSPS) is 17.9. The van der Waals surface area contributed by atoms with Gasteiger partial charge in [-0.3, -0.25) is 14.8 Å². The van der Waals surface area contributed by atoms with Gasteiger partial charge in [-0.2, -0.15) is 5.10 Å². The predicted molar refractivity (Wildman–Crippen MR) is 136 cm³/mol. The molecule has 1 aromatic carbocycles. The van der Waals surface area contributed by atoms with Gasteiger partial charge >= 0.3 is 5.97 Å². The van der Waals surface area contributed by atoms with Crippen LogP contribution in [0, 0.1) is 24.0 Å². The van der Waals surface area contributed by atoms with Crippen LogP contribution in [0.3, 0.4) is 0 Å². The molecule has 37 heavy (non-hydrogen) atoms. The summed E-state index contributed by atoms with van der Waals surface area (Å²) >= 11 is 5.91. The highest BCUT2D eigenvalue weighted by Gasteiger charge is 2.43. The fourth-order valence-electron chi connectivity index (χ4n) is 5.04. The van der Waals surface area contributed by atoms with E-state index in [-0.39, 0.29) is 23.1 Å². The molecule has 0 unspecified atom stereocenters. The number of halogens is 3. The topological polar surface area (TPSA) is 106 Å². The molecule has 0 spiro atoms. The summed E-state index contributed by atoms with van der Waals surface area (Å²) in [5.41, 5.74) is 0.814. The number of rotatable bonds is 8. The van der Waals surface area contributed by atoms with Gasteiger partial charge in [0.05, 0.1) is 16.1 Å². The van der Waals surface area contributed by atoms with Crippen molar-refractivity contribution in [2.45, 2.75) is 38.6 Å². The Hall–Kier alpha value is -3.08. The van der Waals surface area contributed by atoms with E-state index < -0.39 is 23.0 Å². The number of aromatic amines is 1. The molecular weight excluding hydrogens is 502 g/mol. The van der Waals surface area contributed by atoms with Gasteiger partial charge in [0.25, 0.3) is 0 Å². The number of hydrogen-bond acceptors (Lipinski definition) is 6. The second-order valence-corrected chi connectivity index (χ2v) is 10.4. The number of likely N-dealkylation sites (tertiary alicyclic amines) is 1. The number of H-pyrrole nitrogens is 1. The molecule has 2 aromatic heterocycles. The van der Waals surface area contributed by atoms with Crippen molar-refractivity contribution < 1.29 is 18.7 Å². The summed E-state index contributed by atoms with van der Waals surface area (Å²) in [7, 11) is 0. The lowest BCUT2D eigenvalue weighted by molar-refractivity contribution is -0.152. The molecule has 0 saturated carbocycles. The Labute approximate surface area is 218 Å². The third kappa shape index (κ3) is 5.32. The number of benzene rings is 1. The van der Waals surface area contributed by atoms with Gasteiger partial charge in [-0.25, -0.2) is 13.8 Å². The number of nitrogens with one attached hydrogen (secondary N) is 3. The third-order valence-corrected chi connectivity index (χ3v) is 7.73. The summed E-state index contributed by atoms with van der Waals surface area (Å²) in [6.07, 6.45) is 0.556. The third-order valence-electron chi connectivity index (χ3n) is 7.44. The van der Waals surface area contributed by atoms with Crippen molar-refractivity contribution >= 4 is 29.2 Å². The van der Waals surface area contributed by atoms with Crippen LogP contribution in [0.2, 0.25) is 5.02 Å². The fourth-order valence-corrected chi connectivity index (χ4v) is 5.24. The molecule has 2 saturated heterocycles. The highest BCUT2D eigenvalue weighted by Crippen LogP contribution is 2.38. The molecule has 4 N–H and O–H groups in total. The minimum Gasteiger partial charge on any atom is -0.481 e. The minimum atomic E-state index is -1.17. The largest absolute Gasteiger partial charge is 0.481 e. The van der Waals surface area contributed by atoms with Crippen LogP contribution in [0.25, 0.3) is 0 Å². The van der Waals surface area contributed by atoms with Crippen LogP contribution in [0.15, 0.2) is 30.3 Å². The number of carboxylic acid groups (broad SMARTS) is 1. The average Bonchev–Trinajstić information content (AvgIpc) is 3.24. The number of anilines is 2. The summed E-state index contributed by atoms with van der Waals surface area (Å²) < 4.78 is 30.1. The van der Waals surface area contributed by atoms with Gasteiger partial charge in [0.1, 0.15) is 17.5 Å². The van der Waals surface area contributed by atoms with Crippen LogP contribution in [0.5, 0.6) is 0 Å². The molecule has 196 valence electrons. The summed E-state index contributed by atoms with van der Waals surface area (Å²) in [5.74, 6) is -0.901. The van der Waals surface area contributed by atoms with Crippen LogP contribution < -0.4 is 10.6 Å². The first-order valence-electron chi connectivity index (χ1n) is 12.3. The summed E-state index contributed by atoms with van der Waals surface area (Å²) in [5, 5.41) is 23.6. The second kappa shape index (κ2) is 10.4. The van der Waals surface area contributed by atoms with Crippen molar-refractivity contribution in [3.63, 3.8) is 0 Å². The minimum absolute atomic E-state index is 0.00145. The van der Waals surface area contributed by atoms with Crippen molar-refractivity contribution in [3.05, 3.63) is 69.5 Å². The molecule has 4 heterocycles. The number of carboxylic acids is 1. The number of aryl methyl sites for hydroxylation is 1. The average molecular weight is 531 g/mol. The zero-order chi connectivity index (χ0) is 26.2. The highest BCUT2D eigenvalue weighted by atomic mass is 35.5. The van der Waals surface area contributed by atoms with Crippen molar-refractivity contribution in [2.75, 3.05) is 31.5 Å². The molecule has 8 nitrogen and oxygen atoms in total. The van der Waals surface area contributed by atoms with E-state index in [0.29, 0.717) is 68.3 Å². The second-order valence-electron chi connectivity index (χ2n) is 10.0. The Morgan fingerprint density at radius 3 is 2.59 bits per heavy atom. The van der Waals surface area contributed by atoms with Gasteiger partial charge in [0, 0.05) is 49.3 Å². The molecule has 2 aliphatic heterocycles. The van der Waals surface area contributed by atoms with Crippen molar-refractivity contribution in [1.82, 2.24) is 25.4 Å². The van der Waals surface area contributed by atoms with E-state index in [1.165, 1.54) is 6.07 Å². The Bertz CT molecular complexity index is 1300. The Balaban J connectivity index is 1.37. The van der Waals surface area contributed by atoms with Crippen LogP contribution in [0.4, 0.5) is 20.4 Å². The Kier molecular flexibility index (Phi) is 7.15. The Morgan fingerprint density at radius 2 is 1.97 bits per heavy atom. The maximum Gasteiger partial charge on any atom is 0.310 e. The Morgan fingerprint density at radius 1 is 1.22 bits per heavy atom. The number of carbonyl (C=O) groups is 1. The molecule has 3 aromatic rings. The van der Waals surface area contributed by atoms with Crippen LogP contribution in [-0.2, 0) is 17.8 Å². The zero-order valence-corrected chi connectivity index (χ0v) is 21.2. The number of pyridine rings is 1. The lowest BCUT2D eigenvalue weighted by atomic mass is 9.74. The van der Waals surface area contributed by atoms with E-state index in [1.807, 2.05) is 17.9 Å². The SMILES string of the molecule is Cc1cc(Nc2cc(C3CNC3)c(F)c(CC3(C(=O)O)CCN(Cc4cccc(Cl)c4F)CC3)n2)n[nH]1. The lowest BCUT2D eigenvalue weighted by Crippen LogP contribution is -2.46. The molecule has 0 atom stereocenters. The van der Waals surface area contributed by atoms with Crippen LogP contribution >= 0.6 is 11.6 Å². The summed E-state index contributed by atoms with van der Waals surface area (Å²) in [6.45, 7) is 4.38. The van der Waals surface area contributed by atoms with Crippen molar-refractivity contribution in [3.8, 4) is 0 Å². The smallest absolute Gasteiger partial charge is 0.310 e. The van der Waals surface area contributed by atoms with Gasteiger partial charge in [0.2, 0.25) is 0 Å². The molecule has 2 fully saturated rings. The van der Waals surface area contributed by atoms with Gasteiger partial charge in [0.15, 0.2) is 5.82 Å². The highest BCUT2D eigenvalue weighted by molar-refractivity contribution is 6.30. The van der Waals surface area contributed by atoms with Crippen molar-refractivity contribution in [1.29, 1.82) is 0 Å². The molecule has 5 rings (SSSR count). The monoisotopic (exact) mass is 530 g/mol. The standard InChI is InChI=1S/C26H29ClF2N6O2/c1-15-9-22(34-33-15)32-21-10-18(17-12-30-13-17)24(29)20(31-21)11-26(25(36)37)5-7-35(8-6-26)14-16-3-2-4-19(27)23(16)28/h2-4,9-10,17,30H,5-8,11-14H2,1H3,(H,36,37)(H2,31,32,33,34). The van der Waals surface area contributed by atoms with Gasteiger partial charge < -0.3 is 15.7 Å². The maximum absolute atomic E-state index is 15.7. The number of aromatic nitrogens is 3. The van der Waals surface area contributed by atoms with Crippen molar-refractivity contribution in [2.24, 2.45) is 5.41 Å². The molecular formula is C26H29ClF2N6O2. The van der Waals surface area contributed by atoms with Gasteiger partial charge in [-0.05, 0) is 50.6 Å². The molecule has 2 aliphatic rings. The molecule has 0 amide bonds. The summed E-state index contributed by atoms with van der Waals surface area (Å²) in [6, 6.07) is 8.37. The van der Waals surface area contributed by atoms with E-state index in [2.05, 4.69) is 25.8 Å². The number of hydrogen-bond donors (Lipinski definition) is 4. The quantitative estimate of drug-likeness (QED) is 0.342. The lowest BCUT2D eigenvalue weighted by Gasteiger charge is -2.39. The molecule has 11 heteroatoms. The van der Waals surface area contributed by atoms with E-state index >= 15 is 4.39 Å². The summed E-state index contributed by atoms with van der Waals surface area (Å²) in [4.78, 5) is 19.0. The number of piperidine rings is 1. The first-order valence-corrected chi connectivity index (χ1v) is 12.7. The first-order chi connectivity index (χ1) is 17.7. The maximum atomic E-state index is 15.7. The van der Waals surface area contributed by atoms with E-state index in [1.54, 1.807) is 18.2 Å². The van der Waals surface area contributed by atoms with E-state index in [0.717, 1.165) is 5.69 Å². The van der Waals surface area contributed by atoms with Crippen LogP contribution in [-0.4, -0.2) is 57.3 Å². The number of aliphatic carboxylic acids is 1. The van der Waals surface area contributed by atoms with Gasteiger partial charge in [-0.15, -0.1) is 0 Å². The fraction of sp³-hybridized carbons (Fsp3) is 0.423. The predicted octanol–water partition coefficient (Wildman–Crippen LogP) is 4.38. The molecule has 0 aliphatic carbocycles. The first kappa shape index (κ1) is 25.6. The molecule has 0 bridgehead atoms. The zero-order valence-electron chi connectivity index (χ0n) is 20.5. The van der Waals surface area contributed by atoms with E-state index in [9.17, 15) is 14.3 Å². The van der Waals surface area contributed by atoms with Gasteiger partial charge in [-0.1, -0.05) is 23.7 Å².